The van der Waals surface area contributed by atoms with E-state index in [2.05, 4.69) is 62.4 Å². The second-order valence-corrected chi connectivity index (χ2v) is 20.7. The number of esters is 4. The Morgan fingerprint density at radius 3 is 0.925 bits per heavy atom. The summed E-state index contributed by atoms with van der Waals surface area (Å²) in [5.41, 5.74) is 6.18. The molecule has 418 valence electrons. The number of ether oxygens (including phenoxy) is 4. The zero-order chi connectivity index (χ0) is 56.3. The van der Waals surface area contributed by atoms with Crippen molar-refractivity contribution in [2.75, 3.05) is 0 Å². The molecule has 0 fully saturated rings. The van der Waals surface area contributed by atoms with Gasteiger partial charge in [-0.1, -0.05) is 208 Å². The number of hydrogen-bond acceptors (Lipinski definition) is 8. The maximum Gasteiger partial charge on any atom is 0.346 e. The normalized spacial score (nSPS) is 11.1. The highest BCUT2D eigenvalue weighted by atomic mass is 19.1. The van der Waals surface area contributed by atoms with Crippen molar-refractivity contribution >= 4 is 23.9 Å². The summed E-state index contributed by atoms with van der Waals surface area (Å²) < 4.78 is 52.2. The molecule has 7 rings (SSSR count). The maximum atomic E-state index is 15.3. The minimum absolute atomic E-state index is 0.0950. The molecule has 0 bridgehead atoms. The molecule has 7 aromatic rings. The van der Waals surface area contributed by atoms with Gasteiger partial charge in [0.2, 0.25) is 0 Å². The van der Waals surface area contributed by atoms with E-state index in [9.17, 15) is 19.2 Å². The average molecular weight is 1080 g/mol. The Hall–Kier alpha value is -7.72. The number of aryl methyl sites for hydroxylation is 2. The van der Waals surface area contributed by atoms with Crippen molar-refractivity contribution in [3.63, 3.8) is 0 Å². The second-order valence-electron chi connectivity index (χ2n) is 20.7. The first kappa shape index (κ1) is 59.9. The largest absolute Gasteiger partial charge is 0.423 e. The minimum atomic E-state index is -1.07. The highest BCUT2D eigenvalue weighted by Gasteiger charge is 2.20. The zero-order valence-electron chi connectivity index (χ0n) is 46.6. The SMILES string of the molecule is CCCCCCCCCCCCc1ccc(-c2ccc(C(=O)Oc3ccc(C(=O)Oc4cccc(OC(=O)c5ccc(OC(=O)c6ccc(-c7ccc(CCCCCCCCCCCC)cc7)cc6)cc5F)c4)c(F)c3)cc2)cc1. The molecule has 0 aliphatic heterocycles. The van der Waals surface area contributed by atoms with E-state index in [0.29, 0.717) is 0 Å². The molecule has 0 unspecified atom stereocenters. The standard InChI is InChI=1S/C70H76F2O8/c1-3-5-7-9-11-13-15-17-19-21-24-51-28-32-53(33-29-51)55-36-40-57(41-37-55)67(73)77-61-44-46-63(65(71)49-61)69(75)79-59-26-23-27-60(48-59)80-70(76)64-47-45-62(50-66(64)72)78-68(74)58-42-38-56(39-43-58)54-34-30-52(31-35-54)25-22-20-18-16-14-12-10-8-6-4-2/h23,26-50H,3-22,24-25H2,1-2H3. The Morgan fingerprint density at radius 2 is 0.600 bits per heavy atom. The summed E-state index contributed by atoms with van der Waals surface area (Å²) in [6, 6.07) is 42.9. The fourth-order valence-corrected chi connectivity index (χ4v) is 9.67. The molecule has 0 aromatic heterocycles. The lowest BCUT2D eigenvalue weighted by Crippen LogP contribution is -2.13. The first-order valence-corrected chi connectivity index (χ1v) is 29.0. The lowest BCUT2D eigenvalue weighted by molar-refractivity contribution is 0.0720. The summed E-state index contributed by atoms with van der Waals surface area (Å²) in [4.78, 5) is 52.2. The van der Waals surface area contributed by atoms with Gasteiger partial charge < -0.3 is 18.9 Å². The Morgan fingerprint density at radius 1 is 0.312 bits per heavy atom. The minimum Gasteiger partial charge on any atom is -0.423 e. The number of benzene rings is 7. The fraction of sp³-hybridized carbons (Fsp3) is 0.343. The van der Waals surface area contributed by atoms with E-state index in [0.717, 1.165) is 59.4 Å². The topological polar surface area (TPSA) is 105 Å². The van der Waals surface area contributed by atoms with Crippen molar-refractivity contribution in [3.8, 4) is 45.3 Å². The van der Waals surface area contributed by atoms with E-state index in [4.69, 9.17) is 18.9 Å². The molecule has 0 N–H and O–H groups in total. The molecule has 7 aromatic carbocycles. The summed E-state index contributed by atoms with van der Waals surface area (Å²) in [6.45, 7) is 4.50. The van der Waals surface area contributed by atoms with Crippen molar-refractivity contribution in [2.24, 2.45) is 0 Å². The van der Waals surface area contributed by atoms with Crippen molar-refractivity contribution in [1.82, 2.24) is 0 Å². The summed E-state index contributed by atoms with van der Waals surface area (Å²) in [6.07, 6.45) is 28.3. The van der Waals surface area contributed by atoms with Crippen LogP contribution in [0.4, 0.5) is 8.78 Å². The van der Waals surface area contributed by atoms with Gasteiger partial charge in [-0.3, -0.25) is 0 Å². The average Bonchev–Trinajstić information content (AvgIpc) is 3.47. The van der Waals surface area contributed by atoms with Crippen LogP contribution in [0, 0.1) is 11.6 Å². The third kappa shape index (κ3) is 19.3. The molecule has 80 heavy (non-hydrogen) atoms. The predicted molar refractivity (Wildman–Crippen MR) is 314 cm³/mol. The van der Waals surface area contributed by atoms with Crippen LogP contribution in [0.3, 0.4) is 0 Å². The molecule has 0 amide bonds. The predicted octanol–water partition coefficient (Wildman–Crippen LogP) is 19.1. The lowest BCUT2D eigenvalue weighted by Gasteiger charge is -2.10. The maximum absolute atomic E-state index is 15.3. The van der Waals surface area contributed by atoms with Crippen LogP contribution >= 0.6 is 0 Å². The van der Waals surface area contributed by atoms with Crippen LogP contribution in [0.25, 0.3) is 22.3 Å². The van der Waals surface area contributed by atoms with Gasteiger partial charge in [0.05, 0.1) is 22.3 Å². The van der Waals surface area contributed by atoms with Crippen LogP contribution in [-0.2, 0) is 12.8 Å². The van der Waals surface area contributed by atoms with Crippen molar-refractivity contribution in [2.45, 2.75) is 155 Å². The molecule has 0 radical (unpaired) electrons. The molecule has 0 spiro atoms. The van der Waals surface area contributed by atoms with Gasteiger partial charge in [0, 0.05) is 18.2 Å². The Kier molecular flexibility index (Phi) is 24.3. The van der Waals surface area contributed by atoms with Gasteiger partial charge in [-0.05, 0) is 120 Å². The van der Waals surface area contributed by atoms with E-state index in [1.807, 2.05) is 24.3 Å². The molecule has 0 atom stereocenters. The number of hydrogen-bond donors (Lipinski definition) is 0. The molecule has 0 heterocycles. The van der Waals surface area contributed by atoms with Gasteiger partial charge in [-0.2, -0.15) is 0 Å². The third-order valence-corrected chi connectivity index (χ3v) is 14.4. The van der Waals surface area contributed by atoms with Crippen molar-refractivity contribution in [1.29, 1.82) is 0 Å². The van der Waals surface area contributed by atoms with Crippen LogP contribution in [0.1, 0.15) is 195 Å². The first-order chi connectivity index (χ1) is 39.1. The molecular weight excluding hydrogens is 1010 g/mol. The molecule has 0 saturated heterocycles. The van der Waals surface area contributed by atoms with Crippen molar-refractivity contribution < 1.29 is 46.9 Å². The zero-order valence-corrected chi connectivity index (χ0v) is 46.6. The first-order valence-electron chi connectivity index (χ1n) is 29.0. The van der Waals surface area contributed by atoms with Gasteiger partial charge >= 0.3 is 23.9 Å². The third-order valence-electron chi connectivity index (χ3n) is 14.4. The van der Waals surface area contributed by atoms with Gasteiger partial charge in [-0.15, -0.1) is 0 Å². The highest BCUT2D eigenvalue weighted by Crippen LogP contribution is 2.28. The molecule has 0 aliphatic carbocycles. The monoisotopic (exact) mass is 1080 g/mol. The molecule has 0 aliphatic rings. The number of unbranched alkanes of at least 4 members (excludes halogenated alkanes) is 18. The Balaban J connectivity index is 0.821. The quantitative estimate of drug-likeness (QED) is 0.0233. The number of halogens is 2. The van der Waals surface area contributed by atoms with E-state index in [1.165, 1.54) is 176 Å². The van der Waals surface area contributed by atoms with Crippen LogP contribution in [-0.4, -0.2) is 23.9 Å². The number of rotatable bonds is 32. The number of carbonyl (C=O) groups is 4. The highest BCUT2D eigenvalue weighted by molar-refractivity contribution is 5.95. The van der Waals surface area contributed by atoms with Gasteiger partial charge in [0.25, 0.3) is 0 Å². The van der Waals surface area contributed by atoms with Crippen LogP contribution in [0.2, 0.25) is 0 Å². The van der Waals surface area contributed by atoms with Crippen LogP contribution in [0.15, 0.2) is 158 Å². The molecule has 8 nitrogen and oxygen atoms in total. The molecule has 0 saturated carbocycles. The van der Waals surface area contributed by atoms with Gasteiger partial charge in [-0.25, -0.2) is 28.0 Å². The number of carbonyl (C=O) groups excluding carboxylic acids is 4. The van der Waals surface area contributed by atoms with Gasteiger partial charge in [0.1, 0.15) is 34.6 Å². The van der Waals surface area contributed by atoms with E-state index in [1.54, 1.807) is 24.3 Å². The Labute approximate surface area is 471 Å². The summed E-state index contributed by atoms with van der Waals surface area (Å²) in [5, 5.41) is 0. The second kappa shape index (κ2) is 32.4. The summed E-state index contributed by atoms with van der Waals surface area (Å²) >= 11 is 0. The fourth-order valence-electron chi connectivity index (χ4n) is 9.67. The Bertz CT molecular complexity index is 2850. The van der Waals surface area contributed by atoms with E-state index < -0.39 is 46.6 Å². The summed E-state index contributed by atoms with van der Waals surface area (Å²) in [5.74, 6) is -5.96. The van der Waals surface area contributed by atoms with Gasteiger partial charge in [0.15, 0.2) is 0 Å². The van der Waals surface area contributed by atoms with Crippen molar-refractivity contribution in [3.05, 3.63) is 203 Å². The van der Waals surface area contributed by atoms with Crippen LogP contribution < -0.4 is 18.9 Å². The lowest BCUT2D eigenvalue weighted by atomic mass is 10.00. The molecule has 10 heteroatoms. The van der Waals surface area contributed by atoms with E-state index in [-0.39, 0.29) is 34.1 Å². The molecular formula is C70H76F2O8. The smallest absolute Gasteiger partial charge is 0.346 e. The summed E-state index contributed by atoms with van der Waals surface area (Å²) in [7, 11) is 0. The van der Waals surface area contributed by atoms with Crippen LogP contribution in [0.5, 0.6) is 23.0 Å². The van der Waals surface area contributed by atoms with E-state index >= 15 is 8.78 Å².